The zero-order valence-corrected chi connectivity index (χ0v) is 13.7. The van der Waals surface area contributed by atoms with Crippen LogP contribution in [0.25, 0.3) is 0 Å². The van der Waals surface area contributed by atoms with Crippen LogP contribution < -0.4 is 5.43 Å². The van der Waals surface area contributed by atoms with Crippen molar-refractivity contribution in [2.75, 3.05) is 38.3 Å². The maximum atomic E-state index is 12.1. The molecule has 0 amide bonds. The number of benzene rings is 1. The average molecular weight is 346 g/mol. The van der Waals surface area contributed by atoms with Crippen LogP contribution in [0.5, 0.6) is 0 Å². The molecular formula is C14H17Cl2N3O3. The molecule has 0 spiro atoms. The fraction of sp³-hybridized carbons (Fsp3) is 0.429. The number of carbonyl (C=O) groups is 1. The first-order valence-electron chi connectivity index (χ1n) is 6.90. The zero-order valence-electron chi connectivity index (χ0n) is 12.1. The molecule has 0 unspecified atom stereocenters. The zero-order chi connectivity index (χ0) is 15.9. The van der Waals surface area contributed by atoms with Gasteiger partial charge in [0.15, 0.2) is 0 Å². The van der Waals surface area contributed by atoms with Gasteiger partial charge < -0.3 is 14.4 Å². The number of hydrogen-bond acceptors (Lipinski definition) is 5. The summed E-state index contributed by atoms with van der Waals surface area (Å²) in [5.41, 5.74) is 3.35. The maximum Gasteiger partial charge on any atom is 0.375 e. The van der Waals surface area contributed by atoms with E-state index in [-0.39, 0.29) is 12.4 Å². The number of carbonyl (C=O) groups excluding carboxylic acids is 1. The monoisotopic (exact) mass is 345 g/mol. The number of hydrogen-bond donors (Lipinski definition) is 1. The fourth-order valence-corrected chi connectivity index (χ4v) is 2.36. The van der Waals surface area contributed by atoms with E-state index in [4.69, 9.17) is 32.7 Å². The number of halogens is 2. The molecule has 1 aromatic carbocycles. The summed E-state index contributed by atoms with van der Waals surface area (Å²) in [6.07, 6.45) is 0. The van der Waals surface area contributed by atoms with Gasteiger partial charge in [0, 0.05) is 18.1 Å². The number of nitrogens with zero attached hydrogens (tertiary/aromatic N) is 2. The highest BCUT2D eigenvalue weighted by molar-refractivity contribution is 6.37. The number of esters is 1. The van der Waals surface area contributed by atoms with Crippen molar-refractivity contribution in [2.45, 2.75) is 6.92 Å². The summed E-state index contributed by atoms with van der Waals surface area (Å²) in [5.74, 6) is -0.279. The first kappa shape index (κ1) is 16.9. The molecule has 0 aliphatic carbocycles. The topological polar surface area (TPSA) is 63.2 Å². The van der Waals surface area contributed by atoms with Gasteiger partial charge in [-0.1, -0.05) is 23.2 Å². The molecule has 0 saturated carbocycles. The van der Waals surface area contributed by atoms with Gasteiger partial charge in [-0.3, -0.25) is 5.43 Å². The molecule has 1 aromatic rings. The Hall–Kier alpha value is -1.50. The van der Waals surface area contributed by atoms with Gasteiger partial charge in [0.05, 0.1) is 30.5 Å². The van der Waals surface area contributed by atoms with E-state index >= 15 is 0 Å². The van der Waals surface area contributed by atoms with Crippen molar-refractivity contribution in [3.05, 3.63) is 28.2 Å². The predicted molar refractivity (Wildman–Crippen MR) is 86.5 cm³/mol. The first-order chi connectivity index (χ1) is 10.6. The minimum Gasteiger partial charge on any atom is -0.460 e. The second-order valence-electron chi connectivity index (χ2n) is 4.49. The molecule has 1 aliphatic heterocycles. The number of amidine groups is 1. The van der Waals surface area contributed by atoms with Crippen molar-refractivity contribution in [1.29, 1.82) is 0 Å². The Morgan fingerprint density at radius 3 is 2.77 bits per heavy atom. The maximum absolute atomic E-state index is 12.1. The van der Waals surface area contributed by atoms with Crippen LogP contribution in [-0.2, 0) is 14.3 Å². The lowest BCUT2D eigenvalue weighted by atomic mass is 10.3. The van der Waals surface area contributed by atoms with E-state index < -0.39 is 5.97 Å². The number of ether oxygens (including phenoxy) is 2. The largest absolute Gasteiger partial charge is 0.460 e. The normalized spacial score (nSPS) is 15.6. The number of nitrogens with one attached hydrogen (secondary N) is 1. The lowest BCUT2D eigenvalue weighted by Gasteiger charge is -2.28. The van der Waals surface area contributed by atoms with E-state index in [2.05, 4.69) is 10.5 Å². The predicted octanol–water partition coefficient (Wildman–Crippen LogP) is 2.61. The minimum absolute atomic E-state index is 0.205. The van der Waals surface area contributed by atoms with Crippen molar-refractivity contribution in [3.63, 3.8) is 0 Å². The van der Waals surface area contributed by atoms with E-state index in [1.165, 1.54) is 0 Å². The molecule has 0 radical (unpaired) electrons. The molecule has 1 saturated heterocycles. The third-order valence-electron chi connectivity index (χ3n) is 2.98. The number of anilines is 1. The summed E-state index contributed by atoms with van der Waals surface area (Å²) >= 11 is 11.9. The van der Waals surface area contributed by atoms with Gasteiger partial charge in [-0.05, 0) is 25.1 Å². The molecule has 6 nitrogen and oxygen atoms in total. The van der Waals surface area contributed by atoms with Crippen LogP contribution in [0.2, 0.25) is 10.0 Å². The van der Waals surface area contributed by atoms with Crippen LogP contribution in [0.4, 0.5) is 5.69 Å². The van der Waals surface area contributed by atoms with Gasteiger partial charge in [-0.2, -0.15) is 0 Å². The van der Waals surface area contributed by atoms with Gasteiger partial charge in [0.2, 0.25) is 5.84 Å². The van der Waals surface area contributed by atoms with E-state index in [9.17, 15) is 4.79 Å². The number of morpholine rings is 1. The quantitative estimate of drug-likeness (QED) is 0.395. The molecule has 22 heavy (non-hydrogen) atoms. The lowest BCUT2D eigenvalue weighted by Crippen LogP contribution is -2.45. The third kappa shape index (κ3) is 4.50. The molecule has 0 aromatic heterocycles. The van der Waals surface area contributed by atoms with Crippen molar-refractivity contribution in [2.24, 2.45) is 5.10 Å². The molecular weight excluding hydrogens is 329 g/mol. The molecule has 1 fully saturated rings. The molecule has 0 bridgehead atoms. The second-order valence-corrected chi connectivity index (χ2v) is 5.33. The summed E-state index contributed by atoms with van der Waals surface area (Å²) in [4.78, 5) is 13.9. The highest BCUT2D eigenvalue weighted by Gasteiger charge is 2.23. The summed E-state index contributed by atoms with van der Waals surface area (Å²) in [7, 11) is 0. The Bertz CT molecular complexity index is 560. The Morgan fingerprint density at radius 2 is 2.14 bits per heavy atom. The molecule has 1 N–H and O–H groups in total. The molecule has 1 aliphatic rings. The molecule has 2 rings (SSSR count). The smallest absolute Gasteiger partial charge is 0.375 e. The van der Waals surface area contributed by atoms with Crippen molar-refractivity contribution in [3.8, 4) is 0 Å². The molecule has 1 heterocycles. The van der Waals surface area contributed by atoms with Gasteiger partial charge in [-0.15, -0.1) is 5.10 Å². The Morgan fingerprint density at radius 1 is 1.41 bits per heavy atom. The summed E-state index contributed by atoms with van der Waals surface area (Å²) in [6, 6.07) is 4.97. The van der Waals surface area contributed by atoms with Gasteiger partial charge in [0.25, 0.3) is 0 Å². The minimum atomic E-state index is -0.484. The van der Waals surface area contributed by atoms with Crippen LogP contribution in [0.15, 0.2) is 23.3 Å². The molecule has 8 heteroatoms. The summed E-state index contributed by atoms with van der Waals surface area (Å²) in [5, 5.41) is 5.11. The van der Waals surface area contributed by atoms with Crippen molar-refractivity contribution >= 4 is 40.7 Å². The van der Waals surface area contributed by atoms with E-state index in [1.54, 1.807) is 25.1 Å². The summed E-state index contributed by atoms with van der Waals surface area (Å²) in [6.45, 7) is 4.27. The third-order valence-corrected chi connectivity index (χ3v) is 3.53. The van der Waals surface area contributed by atoms with E-state index in [1.807, 2.05) is 4.90 Å². The molecule has 120 valence electrons. The van der Waals surface area contributed by atoms with Gasteiger partial charge in [-0.25, -0.2) is 4.79 Å². The lowest BCUT2D eigenvalue weighted by molar-refractivity contribution is -0.136. The van der Waals surface area contributed by atoms with Gasteiger partial charge in [0.1, 0.15) is 0 Å². The van der Waals surface area contributed by atoms with E-state index in [0.29, 0.717) is 42.0 Å². The Kier molecular flexibility index (Phi) is 6.30. The van der Waals surface area contributed by atoms with Crippen LogP contribution >= 0.6 is 23.2 Å². The highest BCUT2D eigenvalue weighted by Crippen LogP contribution is 2.25. The summed E-state index contributed by atoms with van der Waals surface area (Å²) < 4.78 is 10.3. The van der Waals surface area contributed by atoms with Crippen molar-refractivity contribution < 1.29 is 14.3 Å². The van der Waals surface area contributed by atoms with Crippen LogP contribution in [0.1, 0.15) is 6.92 Å². The highest BCUT2D eigenvalue weighted by atomic mass is 35.5. The number of hydrazone groups is 1. The second kappa shape index (κ2) is 8.22. The fourth-order valence-electron chi connectivity index (χ4n) is 1.91. The van der Waals surface area contributed by atoms with Gasteiger partial charge >= 0.3 is 5.97 Å². The van der Waals surface area contributed by atoms with Crippen LogP contribution in [0.3, 0.4) is 0 Å². The Balaban J connectivity index is 2.17. The van der Waals surface area contributed by atoms with Crippen LogP contribution in [-0.4, -0.2) is 49.6 Å². The van der Waals surface area contributed by atoms with Crippen LogP contribution in [0, 0.1) is 0 Å². The van der Waals surface area contributed by atoms with E-state index in [0.717, 1.165) is 0 Å². The standard InChI is InChI=1S/C14H17Cl2N3O3/c1-2-22-14(20)13(19-5-7-21-8-6-19)18-17-12-4-3-10(15)9-11(12)16/h3-4,9,17H,2,5-8H2,1H3/b18-13+. The number of rotatable bonds is 3. The molecule has 0 atom stereocenters. The van der Waals surface area contributed by atoms with Crippen molar-refractivity contribution in [1.82, 2.24) is 4.90 Å². The average Bonchev–Trinajstić information content (AvgIpc) is 2.51. The Labute approximate surface area is 139 Å². The first-order valence-corrected chi connectivity index (χ1v) is 7.66. The SMILES string of the molecule is CCOC(=O)/C(=N\Nc1ccc(Cl)cc1Cl)N1CCOCC1.